The smallest absolute Gasteiger partial charge is 0.170 e. The molecule has 0 fully saturated rings. The fraction of sp³-hybridized carbons (Fsp3) is 0.375. The molecule has 0 aliphatic rings. The number of methoxy groups -OCH3 is 1. The van der Waals surface area contributed by atoms with E-state index in [0.29, 0.717) is 12.0 Å². The fourth-order valence-electron chi connectivity index (χ4n) is 2.34. The van der Waals surface area contributed by atoms with Gasteiger partial charge in [-0.05, 0) is 19.4 Å². The molecule has 0 unspecified atom stereocenters. The first-order valence-electron chi connectivity index (χ1n) is 6.74. The largest absolute Gasteiger partial charge is 0.496 e. The molecule has 4 nitrogen and oxygen atoms in total. The number of Topliss-reactive ketones (excluding diaryl/α,β-unsaturated/α-hetero) is 1. The van der Waals surface area contributed by atoms with E-state index in [1.54, 1.807) is 18.0 Å². The zero-order valence-corrected chi connectivity index (χ0v) is 12.4. The Kier molecular flexibility index (Phi) is 4.23. The molecular weight excluding hydrogens is 252 g/mol. The highest BCUT2D eigenvalue weighted by atomic mass is 16.5. The van der Waals surface area contributed by atoms with Crippen molar-refractivity contribution in [1.82, 2.24) is 9.78 Å². The molecule has 0 radical (unpaired) electrons. The summed E-state index contributed by atoms with van der Waals surface area (Å²) in [5, 5.41) is 4.32. The van der Waals surface area contributed by atoms with Crippen molar-refractivity contribution in [2.45, 2.75) is 26.7 Å². The van der Waals surface area contributed by atoms with Gasteiger partial charge in [-0.2, -0.15) is 5.10 Å². The number of hydrogen-bond acceptors (Lipinski definition) is 3. The van der Waals surface area contributed by atoms with Crippen LogP contribution in [0.5, 0.6) is 5.75 Å². The summed E-state index contributed by atoms with van der Waals surface area (Å²) >= 11 is 0. The van der Waals surface area contributed by atoms with Gasteiger partial charge in [-0.3, -0.25) is 9.48 Å². The molecule has 0 saturated heterocycles. The van der Waals surface area contributed by atoms with Crippen molar-refractivity contribution >= 4 is 5.78 Å². The summed E-state index contributed by atoms with van der Waals surface area (Å²) in [7, 11) is 3.46. The highest BCUT2D eigenvalue weighted by Crippen LogP contribution is 2.22. The average molecular weight is 272 g/mol. The maximum Gasteiger partial charge on any atom is 0.170 e. The second-order valence-corrected chi connectivity index (χ2v) is 4.93. The molecule has 0 aliphatic carbocycles. The van der Waals surface area contributed by atoms with Crippen LogP contribution in [-0.2, 0) is 19.9 Å². The van der Waals surface area contributed by atoms with Gasteiger partial charge in [0.05, 0.1) is 18.4 Å². The minimum Gasteiger partial charge on any atom is -0.496 e. The Balaban J connectivity index is 2.29. The number of aromatic nitrogens is 2. The van der Waals surface area contributed by atoms with E-state index >= 15 is 0 Å². The molecule has 1 heterocycles. The number of ether oxygens (including phenoxy) is 1. The first-order valence-corrected chi connectivity index (χ1v) is 6.74. The molecule has 1 aromatic carbocycles. The highest BCUT2D eigenvalue weighted by molar-refractivity contribution is 5.98. The van der Waals surface area contributed by atoms with E-state index in [0.717, 1.165) is 29.0 Å². The van der Waals surface area contributed by atoms with Crippen LogP contribution in [-0.4, -0.2) is 22.7 Å². The predicted octanol–water partition coefficient (Wildman–Crippen LogP) is 2.72. The van der Waals surface area contributed by atoms with Crippen LogP contribution in [0.3, 0.4) is 0 Å². The SMILES string of the molecule is CCc1nn(C)cc1C(=O)Cc1cc(C)ccc1OC. The predicted molar refractivity (Wildman–Crippen MR) is 78.4 cm³/mol. The zero-order valence-electron chi connectivity index (χ0n) is 12.4. The molecule has 0 atom stereocenters. The minimum atomic E-state index is 0.0823. The summed E-state index contributed by atoms with van der Waals surface area (Å²) in [5.74, 6) is 0.838. The van der Waals surface area contributed by atoms with E-state index in [-0.39, 0.29) is 5.78 Å². The molecular formula is C16H20N2O2. The Hall–Kier alpha value is -2.10. The third-order valence-electron chi connectivity index (χ3n) is 3.33. The molecule has 0 N–H and O–H groups in total. The van der Waals surface area contributed by atoms with Crippen LogP contribution < -0.4 is 4.74 Å². The number of carbonyl (C=O) groups is 1. The van der Waals surface area contributed by atoms with Crippen LogP contribution in [0, 0.1) is 6.92 Å². The van der Waals surface area contributed by atoms with E-state index in [1.165, 1.54) is 0 Å². The lowest BCUT2D eigenvalue weighted by atomic mass is 10.0. The molecule has 106 valence electrons. The highest BCUT2D eigenvalue weighted by Gasteiger charge is 2.16. The maximum absolute atomic E-state index is 12.5. The van der Waals surface area contributed by atoms with Crippen LogP contribution in [0.15, 0.2) is 24.4 Å². The topological polar surface area (TPSA) is 44.1 Å². The van der Waals surface area contributed by atoms with Crippen molar-refractivity contribution in [3.63, 3.8) is 0 Å². The van der Waals surface area contributed by atoms with Gasteiger partial charge in [0.25, 0.3) is 0 Å². The Labute approximate surface area is 119 Å². The van der Waals surface area contributed by atoms with Crippen molar-refractivity contribution in [2.75, 3.05) is 7.11 Å². The molecule has 0 spiro atoms. The lowest BCUT2D eigenvalue weighted by Gasteiger charge is -2.08. The third-order valence-corrected chi connectivity index (χ3v) is 3.33. The lowest BCUT2D eigenvalue weighted by molar-refractivity contribution is 0.0991. The maximum atomic E-state index is 12.5. The number of benzene rings is 1. The monoisotopic (exact) mass is 272 g/mol. The van der Waals surface area contributed by atoms with Gasteiger partial charge in [-0.25, -0.2) is 0 Å². The van der Waals surface area contributed by atoms with Gasteiger partial charge >= 0.3 is 0 Å². The molecule has 0 saturated carbocycles. The summed E-state index contributed by atoms with van der Waals surface area (Å²) in [5.41, 5.74) is 3.60. The van der Waals surface area contributed by atoms with Gasteiger partial charge < -0.3 is 4.74 Å². The van der Waals surface area contributed by atoms with Crippen molar-refractivity contribution in [2.24, 2.45) is 7.05 Å². The summed E-state index contributed by atoms with van der Waals surface area (Å²) in [6.07, 6.45) is 2.89. The molecule has 0 amide bonds. The van der Waals surface area contributed by atoms with Crippen LogP contribution in [0.1, 0.15) is 34.1 Å². The van der Waals surface area contributed by atoms with Crippen molar-refractivity contribution in [1.29, 1.82) is 0 Å². The fourth-order valence-corrected chi connectivity index (χ4v) is 2.34. The number of hydrogen-bond donors (Lipinski definition) is 0. The summed E-state index contributed by atoms with van der Waals surface area (Å²) in [6, 6.07) is 5.88. The van der Waals surface area contributed by atoms with Crippen LogP contribution >= 0.6 is 0 Å². The third kappa shape index (κ3) is 2.90. The molecule has 0 bridgehead atoms. The summed E-state index contributed by atoms with van der Waals surface area (Å²) < 4.78 is 7.02. The Morgan fingerprint density at radius 2 is 2.15 bits per heavy atom. The molecule has 2 aromatic rings. The van der Waals surface area contributed by atoms with Gasteiger partial charge in [0.2, 0.25) is 0 Å². The number of carbonyl (C=O) groups excluding carboxylic acids is 1. The Morgan fingerprint density at radius 3 is 2.80 bits per heavy atom. The van der Waals surface area contributed by atoms with Crippen molar-refractivity contribution in [3.8, 4) is 5.75 Å². The Morgan fingerprint density at radius 1 is 1.40 bits per heavy atom. The standard InChI is InChI=1S/C16H20N2O2/c1-5-14-13(10-18(3)17-14)15(19)9-12-8-11(2)6-7-16(12)20-4/h6-8,10H,5,9H2,1-4H3. The molecule has 4 heteroatoms. The Bertz CT molecular complexity index is 629. The zero-order chi connectivity index (χ0) is 14.7. The second kappa shape index (κ2) is 5.90. The van der Waals surface area contributed by atoms with E-state index in [9.17, 15) is 4.79 Å². The van der Waals surface area contributed by atoms with Crippen molar-refractivity contribution in [3.05, 3.63) is 46.8 Å². The quantitative estimate of drug-likeness (QED) is 0.786. The molecule has 1 aromatic heterocycles. The molecule has 20 heavy (non-hydrogen) atoms. The van der Waals surface area contributed by atoms with E-state index in [1.807, 2.05) is 39.1 Å². The molecule has 2 rings (SSSR count). The number of nitrogens with zero attached hydrogens (tertiary/aromatic N) is 2. The lowest BCUT2D eigenvalue weighted by Crippen LogP contribution is -2.07. The van der Waals surface area contributed by atoms with Gasteiger partial charge in [0.1, 0.15) is 5.75 Å². The summed E-state index contributed by atoms with van der Waals surface area (Å²) in [4.78, 5) is 12.5. The summed E-state index contributed by atoms with van der Waals surface area (Å²) in [6.45, 7) is 4.02. The van der Waals surface area contributed by atoms with E-state index in [4.69, 9.17) is 4.74 Å². The van der Waals surface area contributed by atoms with Crippen molar-refractivity contribution < 1.29 is 9.53 Å². The minimum absolute atomic E-state index is 0.0823. The van der Waals surface area contributed by atoms with Crippen LogP contribution in [0.4, 0.5) is 0 Å². The first kappa shape index (κ1) is 14.3. The van der Waals surface area contributed by atoms with Gasteiger partial charge in [0, 0.05) is 25.2 Å². The number of ketones is 1. The molecule has 0 aliphatic heterocycles. The van der Waals surface area contributed by atoms with E-state index < -0.39 is 0 Å². The number of rotatable bonds is 5. The van der Waals surface area contributed by atoms with Gasteiger partial charge in [0.15, 0.2) is 5.78 Å². The van der Waals surface area contributed by atoms with E-state index in [2.05, 4.69) is 5.10 Å². The normalized spacial score (nSPS) is 10.6. The second-order valence-electron chi connectivity index (χ2n) is 4.93. The van der Waals surface area contributed by atoms with Crippen LogP contribution in [0.25, 0.3) is 0 Å². The number of aryl methyl sites for hydroxylation is 3. The van der Waals surface area contributed by atoms with Gasteiger partial charge in [-0.1, -0.05) is 24.6 Å². The average Bonchev–Trinajstić information content (AvgIpc) is 2.80. The first-order chi connectivity index (χ1) is 9.55. The van der Waals surface area contributed by atoms with Gasteiger partial charge in [-0.15, -0.1) is 0 Å². The van der Waals surface area contributed by atoms with Crippen LogP contribution in [0.2, 0.25) is 0 Å².